The van der Waals surface area contributed by atoms with Gasteiger partial charge in [-0.2, -0.15) is 4.80 Å². The number of β-amino-alcohol motifs (C(OH)–C–C–N with tert-alkyl or cyclic N) is 1. The molecule has 0 saturated carbocycles. The van der Waals surface area contributed by atoms with Crippen molar-refractivity contribution in [3.8, 4) is 5.69 Å². The van der Waals surface area contributed by atoms with Gasteiger partial charge in [0.15, 0.2) is 0 Å². The Hall–Kier alpha value is -3.92. The maximum atomic E-state index is 12.9. The number of aromatic nitrogens is 3. The van der Waals surface area contributed by atoms with Gasteiger partial charge in [0.05, 0.1) is 31.5 Å². The first-order chi connectivity index (χ1) is 16.9. The first-order valence-electron chi connectivity index (χ1n) is 11.6. The highest BCUT2D eigenvalue weighted by Gasteiger charge is 2.34. The van der Waals surface area contributed by atoms with Crippen molar-refractivity contribution in [1.82, 2.24) is 19.9 Å². The Kier molecular flexibility index (Phi) is 7.02. The molecule has 1 aliphatic heterocycles. The van der Waals surface area contributed by atoms with Gasteiger partial charge >= 0.3 is 5.97 Å². The van der Waals surface area contributed by atoms with Crippen molar-refractivity contribution in [2.24, 2.45) is 0 Å². The second-order valence-electron chi connectivity index (χ2n) is 8.25. The second-order valence-corrected chi connectivity index (χ2v) is 8.25. The van der Waals surface area contributed by atoms with Crippen LogP contribution in [0, 0.1) is 6.92 Å². The van der Waals surface area contributed by atoms with Crippen molar-refractivity contribution in [2.45, 2.75) is 20.8 Å². The molecule has 0 fully saturated rings. The van der Waals surface area contributed by atoms with Gasteiger partial charge < -0.3 is 25.0 Å². The smallest absolute Gasteiger partial charge is 0.337 e. The summed E-state index contributed by atoms with van der Waals surface area (Å²) >= 11 is 0. The lowest BCUT2D eigenvalue weighted by Crippen LogP contribution is -2.31. The van der Waals surface area contributed by atoms with Gasteiger partial charge in [-0.15, -0.1) is 10.2 Å². The molecule has 10 heteroatoms. The molecule has 0 atom stereocenters. The van der Waals surface area contributed by atoms with E-state index in [9.17, 15) is 14.7 Å². The summed E-state index contributed by atoms with van der Waals surface area (Å²) in [6.45, 7) is 8.02. The van der Waals surface area contributed by atoms with Crippen LogP contribution in [0.25, 0.3) is 16.7 Å². The van der Waals surface area contributed by atoms with E-state index >= 15 is 0 Å². The number of benzene rings is 2. The van der Waals surface area contributed by atoms with Crippen LogP contribution in [-0.2, 0) is 14.3 Å². The van der Waals surface area contributed by atoms with Gasteiger partial charge in [0.2, 0.25) is 0 Å². The van der Waals surface area contributed by atoms with Crippen LogP contribution in [0.3, 0.4) is 0 Å². The molecular weight excluding hydrogens is 448 g/mol. The standard InChI is InChI=1S/C25H30N6O4/c1-5-29(6-2)17-7-9-18(10-8-17)31-27-21-13-16(3)20(14-22(21)28-31)26-23-19(25(34)35-4)15-30(11-12-32)24(23)33/h7-10,13-14,26,32H,5-6,11-12,15H2,1-4H3. The molecule has 0 spiro atoms. The van der Waals surface area contributed by atoms with E-state index in [0.29, 0.717) is 16.7 Å². The molecule has 0 saturated heterocycles. The summed E-state index contributed by atoms with van der Waals surface area (Å²) in [5.41, 5.74) is 5.18. The van der Waals surface area contributed by atoms with Crippen molar-refractivity contribution < 1.29 is 19.4 Å². The van der Waals surface area contributed by atoms with E-state index in [-0.39, 0.29) is 36.9 Å². The molecule has 0 bridgehead atoms. The number of methoxy groups -OCH3 is 1. The quantitative estimate of drug-likeness (QED) is 0.451. The number of aliphatic hydroxyl groups is 1. The number of ether oxygens (including phenoxy) is 1. The van der Waals surface area contributed by atoms with E-state index in [2.05, 4.69) is 46.4 Å². The topological polar surface area (TPSA) is 113 Å². The molecule has 0 unspecified atom stereocenters. The zero-order valence-electron chi connectivity index (χ0n) is 20.4. The summed E-state index contributed by atoms with van der Waals surface area (Å²) in [4.78, 5) is 30.4. The van der Waals surface area contributed by atoms with Crippen molar-refractivity contribution in [3.05, 3.63) is 53.2 Å². The zero-order chi connectivity index (χ0) is 25.1. The van der Waals surface area contributed by atoms with Crippen LogP contribution in [0.4, 0.5) is 11.4 Å². The maximum absolute atomic E-state index is 12.9. The molecule has 35 heavy (non-hydrogen) atoms. The molecule has 184 valence electrons. The van der Waals surface area contributed by atoms with Crippen LogP contribution in [0.2, 0.25) is 0 Å². The van der Waals surface area contributed by atoms with Gasteiger partial charge in [-0.3, -0.25) is 4.79 Å². The Morgan fingerprint density at radius 1 is 1.14 bits per heavy atom. The number of amides is 1. The first-order valence-corrected chi connectivity index (χ1v) is 11.6. The highest BCUT2D eigenvalue weighted by molar-refractivity contribution is 6.08. The molecule has 10 nitrogen and oxygen atoms in total. The fourth-order valence-electron chi connectivity index (χ4n) is 4.19. The van der Waals surface area contributed by atoms with Crippen LogP contribution < -0.4 is 10.2 Å². The molecule has 2 heterocycles. The summed E-state index contributed by atoms with van der Waals surface area (Å²) in [6, 6.07) is 11.8. The number of aliphatic hydroxyl groups excluding tert-OH is 1. The number of nitrogens with one attached hydrogen (secondary N) is 1. The lowest BCUT2D eigenvalue weighted by Gasteiger charge is -2.20. The van der Waals surface area contributed by atoms with Gasteiger partial charge in [0.25, 0.3) is 5.91 Å². The minimum Gasteiger partial charge on any atom is -0.466 e. The number of carbonyl (C=O) groups excluding carboxylic acids is 2. The number of aryl methyl sites for hydroxylation is 1. The molecule has 1 aliphatic rings. The number of hydrogen-bond acceptors (Lipinski definition) is 8. The van der Waals surface area contributed by atoms with Crippen molar-refractivity contribution >= 4 is 34.3 Å². The number of hydrogen-bond donors (Lipinski definition) is 2. The van der Waals surface area contributed by atoms with Crippen LogP contribution in [-0.4, -0.2) is 76.8 Å². The van der Waals surface area contributed by atoms with E-state index in [0.717, 1.165) is 30.0 Å². The number of rotatable bonds is 9. The van der Waals surface area contributed by atoms with E-state index in [4.69, 9.17) is 4.74 Å². The highest BCUT2D eigenvalue weighted by atomic mass is 16.5. The average molecular weight is 479 g/mol. The minimum atomic E-state index is -0.584. The zero-order valence-corrected chi connectivity index (χ0v) is 20.4. The predicted molar refractivity (Wildman–Crippen MR) is 133 cm³/mol. The fraction of sp³-hybridized carbons (Fsp3) is 0.360. The Morgan fingerprint density at radius 2 is 1.80 bits per heavy atom. The van der Waals surface area contributed by atoms with Gasteiger partial charge in [0.1, 0.15) is 16.7 Å². The third-order valence-electron chi connectivity index (χ3n) is 6.15. The molecule has 4 rings (SSSR count). The van der Waals surface area contributed by atoms with Crippen molar-refractivity contribution in [1.29, 1.82) is 0 Å². The third kappa shape index (κ3) is 4.69. The lowest BCUT2D eigenvalue weighted by molar-refractivity contribution is -0.136. The molecule has 0 aliphatic carbocycles. The molecule has 1 aromatic heterocycles. The SMILES string of the molecule is CCN(CC)c1ccc(-n2nc3cc(C)c(NC4=C(C(=O)OC)CN(CCO)C4=O)cc3n2)cc1. The molecule has 1 amide bonds. The Bertz CT molecular complexity index is 1280. The minimum absolute atomic E-state index is 0.0787. The molecule has 2 aromatic carbocycles. The maximum Gasteiger partial charge on any atom is 0.337 e. The Morgan fingerprint density at radius 3 is 2.40 bits per heavy atom. The van der Waals surface area contributed by atoms with Gasteiger partial charge in [0, 0.05) is 31.0 Å². The van der Waals surface area contributed by atoms with E-state index in [1.807, 2.05) is 31.2 Å². The number of carbonyl (C=O) groups is 2. The van der Waals surface area contributed by atoms with Crippen LogP contribution in [0.1, 0.15) is 19.4 Å². The van der Waals surface area contributed by atoms with Crippen LogP contribution in [0.5, 0.6) is 0 Å². The van der Waals surface area contributed by atoms with Gasteiger partial charge in [-0.05, 0) is 62.7 Å². The average Bonchev–Trinajstić information content (AvgIpc) is 3.41. The summed E-state index contributed by atoms with van der Waals surface area (Å²) in [5.74, 6) is -0.949. The Balaban J connectivity index is 1.65. The normalized spacial score (nSPS) is 13.6. The van der Waals surface area contributed by atoms with Crippen LogP contribution >= 0.6 is 0 Å². The van der Waals surface area contributed by atoms with Gasteiger partial charge in [-0.25, -0.2) is 4.79 Å². The third-order valence-corrected chi connectivity index (χ3v) is 6.15. The summed E-state index contributed by atoms with van der Waals surface area (Å²) in [7, 11) is 1.27. The fourth-order valence-corrected chi connectivity index (χ4v) is 4.19. The second kappa shape index (κ2) is 10.1. The van der Waals surface area contributed by atoms with E-state index < -0.39 is 5.97 Å². The predicted octanol–water partition coefficient (Wildman–Crippen LogP) is 2.25. The van der Waals surface area contributed by atoms with E-state index in [1.54, 1.807) is 4.80 Å². The number of nitrogens with zero attached hydrogens (tertiary/aromatic N) is 5. The van der Waals surface area contributed by atoms with E-state index in [1.165, 1.54) is 12.0 Å². The molecule has 3 aromatic rings. The first kappa shape index (κ1) is 24.2. The highest BCUT2D eigenvalue weighted by Crippen LogP contribution is 2.27. The number of esters is 1. The van der Waals surface area contributed by atoms with Crippen molar-refractivity contribution in [3.63, 3.8) is 0 Å². The monoisotopic (exact) mass is 478 g/mol. The molecule has 0 radical (unpaired) electrons. The number of fused-ring (bicyclic) bond motifs is 1. The van der Waals surface area contributed by atoms with Gasteiger partial charge in [-0.1, -0.05) is 0 Å². The molecular formula is C25H30N6O4. The summed E-state index contributed by atoms with van der Waals surface area (Å²) < 4.78 is 4.86. The Labute approximate surface area is 203 Å². The van der Waals surface area contributed by atoms with Crippen LogP contribution in [0.15, 0.2) is 47.7 Å². The van der Waals surface area contributed by atoms with Crippen molar-refractivity contribution in [2.75, 3.05) is 50.1 Å². The largest absolute Gasteiger partial charge is 0.466 e. The lowest BCUT2D eigenvalue weighted by atomic mass is 10.1. The molecule has 2 N–H and O–H groups in total. The summed E-state index contributed by atoms with van der Waals surface area (Å²) in [5, 5.41) is 21.6. The summed E-state index contributed by atoms with van der Waals surface area (Å²) in [6.07, 6.45) is 0. The number of anilines is 2.